The van der Waals surface area contributed by atoms with Gasteiger partial charge in [-0.05, 0) is 26.0 Å². The molecule has 7 heteroatoms. The number of nitrogens with zero attached hydrogens (tertiary/aromatic N) is 5. The number of hydrogen-bond acceptors (Lipinski definition) is 6. The van der Waals surface area contributed by atoms with Crippen LogP contribution in [-0.2, 0) is 0 Å². The van der Waals surface area contributed by atoms with E-state index in [4.69, 9.17) is 16.3 Å². The van der Waals surface area contributed by atoms with Gasteiger partial charge in [0.15, 0.2) is 5.82 Å². The van der Waals surface area contributed by atoms with Gasteiger partial charge in [-0.25, -0.2) is 15.0 Å². The minimum absolute atomic E-state index is 0.0741. The molecule has 0 unspecified atom stereocenters. The van der Waals surface area contributed by atoms with E-state index in [0.717, 1.165) is 37.8 Å². The van der Waals surface area contributed by atoms with Crippen molar-refractivity contribution in [3.05, 3.63) is 35.7 Å². The zero-order chi connectivity index (χ0) is 16.2. The summed E-state index contributed by atoms with van der Waals surface area (Å²) < 4.78 is 5.77. The van der Waals surface area contributed by atoms with Crippen molar-refractivity contribution in [2.45, 2.75) is 20.0 Å². The first kappa shape index (κ1) is 15.8. The highest BCUT2D eigenvalue weighted by atomic mass is 35.5. The van der Waals surface area contributed by atoms with Crippen LogP contribution in [0.1, 0.15) is 13.8 Å². The molecule has 0 aliphatic carbocycles. The quantitative estimate of drug-likeness (QED) is 0.857. The second-order valence-corrected chi connectivity index (χ2v) is 6.10. The smallest absolute Gasteiger partial charge is 0.257 e. The molecule has 0 saturated carbocycles. The number of aromatic nitrogens is 3. The average Bonchev–Trinajstić information content (AvgIpc) is 2.56. The molecule has 0 radical (unpaired) electrons. The van der Waals surface area contributed by atoms with E-state index in [1.807, 2.05) is 26.0 Å². The first-order valence-corrected chi connectivity index (χ1v) is 8.10. The Hall–Kier alpha value is -2.08. The van der Waals surface area contributed by atoms with E-state index in [1.54, 1.807) is 18.6 Å². The molecule has 1 aliphatic rings. The first-order valence-electron chi connectivity index (χ1n) is 7.72. The summed E-state index contributed by atoms with van der Waals surface area (Å²) in [4.78, 5) is 17.6. The summed E-state index contributed by atoms with van der Waals surface area (Å²) in [6, 6.07) is 3.82. The van der Waals surface area contributed by atoms with Crippen molar-refractivity contribution in [2.24, 2.45) is 0 Å². The zero-order valence-corrected chi connectivity index (χ0v) is 14.1. The van der Waals surface area contributed by atoms with E-state index in [-0.39, 0.29) is 6.10 Å². The van der Waals surface area contributed by atoms with E-state index in [9.17, 15) is 0 Å². The Balaban J connectivity index is 1.68. The normalized spacial score (nSPS) is 15.1. The van der Waals surface area contributed by atoms with Gasteiger partial charge in [-0.2, -0.15) is 0 Å². The van der Waals surface area contributed by atoms with Crippen LogP contribution in [-0.4, -0.2) is 47.2 Å². The topological polar surface area (TPSA) is 54.4 Å². The molecule has 1 saturated heterocycles. The third-order valence-electron chi connectivity index (χ3n) is 3.61. The summed E-state index contributed by atoms with van der Waals surface area (Å²) in [7, 11) is 0. The molecule has 0 bridgehead atoms. The fourth-order valence-corrected chi connectivity index (χ4v) is 2.66. The minimum Gasteiger partial charge on any atom is -0.472 e. The molecule has 0 aromatic carbocycles. The maximum absolute atomic E-state index is 5.89. The van der Waals surface area contributed by atoms with Crippen molar-refractivity contribution in [3.8, 4) is 5.88 Å². The number of piperazine rings is 1. The highest BCUT2D eigenvalue weighted by Crippen LogP contribution is 2.25. The van der Waals surface area contributed by atoms with Crippen molar-refractivity contribution < 1.29 is 4.74 Å². The van der Waals surface area contributed by atoms with Gasteiger partial charge in [0, 0.05) is 44.8 Å². The zero-order valence-electron chi connectivity index (χ0n) is 13.3. The van der Waals surface area contributed by atoms with Crippen LogP contribution in [0.2, 0.25) is 5.02 Å². The summed E-state index contributed by atoms with van der Waals surface area (Å²) >= 11 is 5.89. The lowest BCUT2D eigenvalue weighted by molar-refractivity contribution is 0.232. The molecular weight excluding hydrogens is 314 g/mol. The number of pyridine rings is 1. The Morgan fingerprint density at radius 2 is 1.70 bits per heavy atom. The molecule has 3 heterocycles. The predicted molar refractivity (Wildman–Crippen MR) is 91.5 cm³/mol. The second kappa shape index (κ2) is 7.00. The van der Waals surface area contributed by atoms with Crippen molar-refractivity contribution >= 4 is 23.2 Å². The number of ether oxygens (including phenoxy) is 1. The molecule has 1 fully saturated rings. The summed E-state index contributed by atoms with van der Waals surface area (Å²) in [5.41, 5.74) is 0. The fraction of sp³-hybridized carbons (Fsp3) is 0.438. The maximum atomic E-state index is 5.89. The van der Waals surface area contributed by atoms with Gasteiger partial charge in [0.25, 0.3) is 5.88 Å². The molecule has 2 aromatic heterocycles. The standard InChI is InChI=1S/C16H20ClN5O/c1-12(2)23-16-15(18-5-6-19-16)22-9-7-21(8-10-22)14-4-3-13(17)11-20-14/h3-6,11-12H,7-10H2,1-2H3. The van der Waals surface area contributed by atoms with Gasteiger partial charge in [0.05, 0.1) is 11.1 Å². The van der Waals surface area contributed by atoms with Crippen LogP contribution >= 0.6 is 11.6 Å². The fourth-order valence-electron chi connectivity index (χ4n) is 2.54. The van der Waals surface area contributed by atoms with Crippen LogP contribution in [0, 0.1) is 0 Å². The maximum Gasteiger partial charge on any atom is 0.257 e. The van der Waals surface area contributed by atoms with E-state index >= 15 is 0 Å². The third kappa shape index (κ3) is 3.82. The Morgan fingerprint density at radius 3 is 2.35 bits per heavy atom. The number of hydrogen-bond donors (Lipinski definition) is 0. The lowest BCUT2D eigenvalue weighted by atomic mass is 10.3. The van der Waals surface area contributed by atoms with Gasteiger partial charge in [0.1, 0.15) is 5.82 Å². The number of rotatable bonds is 4. The molecule has 0 N–H and O–H groups in total. The van der Waals surface area contributed by atoms with Crippen LogP contribution < -0.4 is 14.5 Å². The van der Waals surface area contributed by atoms with Gasteiger partial charge in [-0.15, -0.1) is 0 Å². The highest BCUT2D eigenvalue weighted by molar-refractivity contribution is 6.30. The summed E-state index contributed by atoms with van der Waals surface area (Å²) in [5, 5.41) is 0.655. The average molecular weight is 334 g/mol. The van der Waals surface area contributed by atoms with Gasteiger partial charge in [-0.3, -0.25) is 0 Å². The summed E-state index contributed by atoms with van der Waals surface area (Å²) in [6.45, 7) is 7.40. The minimum atomic E-state index is 0.0741. The lowest BCUT2D eigenvalue weighted by Crippen LogP contribution is -2.47. The van der Waals surface area contributed by atoms with Crippen molar-refractivity contribution in [1.29, 1.82) is 0 Å². The monoisotopic (exact) mass is 333 g/mol. The summed E-state index contributed by atoms with van der Waals surface area (Å²) in [6.07, 6.45) is 5.12. The van der Waals surface area contributed by atoms with Gasteiger partial charge < -0.3 is 14.5 Å². The van der Waals surface area contributed by atoms with Crippen LogP contribution in [0.15, 0.2) is 30.7 Å². The molecule has 0 spiro atoms. The Bertz CT molecular complexity index is 641. The van der Waals surface area contributed by atoms with Gasteiger partial charge in [0.2, 0.25) is 0 Å². The van der Waals surface area contributed by atoms with E-state index in [2.05, 4.69) is 24.8 Å². The number of halogens is 1. The molecule has 2 aromatic rings. The Morgan fingerprint density at radius 1 is 1.00 bits per heavy atom. The highest BCUT2D eigenvalue weighted by Gasteiger charge is 2.22. The molecular formula is C16H20ClN5O. The van der Waals surface area contributed by atoms with Crippen LogP contribution in [0.3, 0.4) is 0 Å². The molecule has 6 nitrogen and oxygen atoms in total. The number of anilines is 2. The Kier molecular flexibility index (Phi) is 4.81. The Labute approximate surface area is 141 Å². The van der Waals surface area contributed by atoms with E-state index in [1.165, 1.54) is 0 Å². The van der Waals surface area contributed by atoms with Crippen LogP contribution in [0.4, 0.5) is 11.6 Å². The van der Waals surface area contributed by atoms with Crippen LogP contribution in [0.5, 0.6) is 5.88 Å². The van der Waals surface area contributed by atoms with Crippen molar-refractivity contribution in [2.75, 3.05) is 36.0 Å². The van der Waals surface area contributed by atoms with E-state index in [0.29, 0.717) is 10.9 Å². The van der Waals surface area contributed by atoms with E-state index < -0.39 is 0 Å². The lowest BCUT2D eigenvalue weighted by Gasteiger charge is -2.36. The SMILES string of the molecule is CC(C)Oc1nccnc1N1CCN(c2ccc(Cl)cn2)CC1. The molecule has 0 amide bonds. The third-order valence-corrected chi connectivity index (χ3v) is 3.83. The predicted octanol–water partition coefficient (Wildman–Crippen LogP) is 2.64. The van der Waals surface area contributed by atoms with Crippen LogP contribution in [0.25, 0.3) is 0 Å². The molecule has 122 valence electrons. The second-order valence-electron chi connectivity index (χ2n) is 5.66. The molecule has 3 rings (SSSR count). The summed E-state index contributed by atoms with van der Waals surface area (Å²) in [5.74, 6) is 2.36. The molecule has 1 aliphatic heterocycles. The first-order chi connectivity index (χ1) is 11.1. The van der Waals surface area contributed by atoms with Crippen molar-refractivity contribution in [1.82, 2.24) is 15.0 Å². The largest absolute Gasteiger partial charge is 0.472 e. The van der Waals surface area contributed by atoms with Gasteiger partial charge in [-0.1, -0.05) is 11.6 Å². The molecule has 0 atom stereocenters. The molecule has 23 heavy (non-hydrogen) atoms. The van der Waals surface area contributed by atoms with Gasteiger partial charge >= 0.3 is 0 Å². The van der Waals surface area contributed by atoms with Crippen molar-refractivity contribution in [3.63, 3.8) is 0 Å².